The maximum absolute atomic E-state index is 13.8. The number of rotatable bonds is 7. The molecule has 4 rings (SSSR count). The molecule has 14 heteroatoms. The first-order chi connectivity index (χ1) is 19.9. The van der Waals surface area contributed by atoms with Crippen molar-refractivity contribution < 1.29 is 53.8 Å². The zero-order valence-corrected chi connectivity index (χ0v) is 23.2. The molecule has 2 amide bonds. The van der Waals surface area contributed by atoms with Crippen LogP contribution < -0.4 is 4.90 Å². The lowest BCUT2D eigenvalue weighted by molar-refractivity contribution is -0.143. The molecule has 0 N–H and O–H groups in total. The highest BCUT2D eigenvalue weighted by Gasteiger charge is 2.47. The fourth-order valence-electron chi connectivity index (χ4n) is 5.39. The van der Waals surface area contributed by atoms with Crippen molar-refractivity contribution in [2.45, 2.75) is 83.1 Å². The molecule has 0 bridgehead atoms. The largest absolute Gasteiger partial charge is 0.449 e. The van der Waals surface area contributed by atoms with Gasteiger partial charge in [0.1, 0.15) is 0 Å². The van der Waals surface area contributed by atoms with Crippen molar-refractivity contribution in [1.29, 1.82) is 0 Å². The van der Waals surface area contributed by atoms with Gasteiger partial charge in [-0.2, -0.15) is 39.5 Å². The lowest BCUT2D eigenvalue weighted by atomic mass is 9.86. The van der Waals surface area contributed by atoms with Crippen molar-refractivity contribution in [2.24, 2.45) is 5.92 Å². The minimum atomic E-state index is -5.13. The van der Waals surface area contributed by atoms with Gasteiger partial charge in [-0.15, -0.1) is 0 Å². The molecule has 236 valence electrons. The zero-order chi connectivity index (χ0) is 31.9. The van der Waals surface area contributed by atoms with E-state index >= 15 is 0 Å². The van der Waals surface area contributed by atoms with Crippen molar-refractivity contribution in [3.8, 4) is 0 Å². The van der Waals surface area contributed by atoms with E-state index in [9.17, 15) is 49.1 Å². The second kappa shape index (κ2) is 11.9. The summed E-state index contributed by atoms with van der Waals surface area (Å²) in [7, 11) is 0. The molecule has 2 aromatic carbocycles. The Hall–Kier alpha value is -3.45. The fourth-order valence-corrected chi connectivity index (χ4v) is 5.39. The molecule has 0 unspecified atom stereocenters. The molecule has 5 nitrogen and oxygen atoms in total. The van der Waals surface area contributed by atoms with E-state index in [2.05, 4.69) is 0 Å². The van der Waals surface area contributed by atoms with Gasteiger partial charge in [0.05, 0.1) is 35.0 Å². The molecule has 0 spiro atoms. The van der Waals surface area contributed by atoms with Gasteiger partial charge in [-0.1, -0.05) is 13.3 Å². The Morgan fingerprint density at radius 1 is 0.884 bits per heavy atom. The molecule has 1 aliphatic carbocycles. The fraction of sp³-hybridized carbons (Fsp3) is 0.517. The van der Waals surface area contributed by atoms with Crippen LogP contribution in [0.2, 0.25) is 0 Å². The van der Waals surface area contributed by atoms with Crippen LogP contribution in [0.25, 0.3) is 0 Å². The third-order valence-corrected chi connectivity index (χ3v) is 7.64. The molecule has 0 radical (unpaired) electrons. The van der Waals surface area contributed by atoms with E-state index in [0.717, 1.165) is 30.0 Å². The average molecular weight is 625 g/mol. The SMILES string of the molecule is CCCCOC(=O)N1c2ccc(C(F)(F)F)cc2[C@@H](N(Cc2cc(C(F)(F)F)cc(C(F)(F)F)c2)C(C)=O)C[C@H]1C1CC1. The van der Waals surface area contributed by atoms with Gasteiger partial charge in [0, 0.05) is 19.5 Å². The van der Waals surface area contributed by atoms with Crippen LogP contribution in [0.15, 0.2) is 36.4 Å². The Morgan fingerprint density at radius 2 is 1.47 bits per heavy atom. The Labute approximate surface area is 241 Å². The number of fused-ring (bicyclic) bond motifs is 1. The van der Waals surface area contributed by atoms with Crippen molar-refractivity contribution in [3.05, 3.63) is 64.2 Å². The van der Waals surface area contributed by atoms with E-state index in [0.29, 0.717) is 37.8 Å². The van der Waals surface area contributed by atoms with Crippen LogP contribution in [0, 0.1) is 5.92 Å². The quantitative estimate of drug-likeness (QED) is 0.229. The summed E-state index contributed by atoms with van der Waals surface area (Å²) in [5, 5.41) is 0. The monoisotopic (exact) mass is 624 g/mol. The lowest BCUT2D eigenvalue weighted by Gasteiger charge is -2.44. The summed E-state index contributed by atoms with van der Waals surface area (Å²) in [6, 6.07) is 1.73. The molecule has 0 aromatic heterocycles. The number of nitrogens with zero attached hydrogens (tertiary/aromatic N) is 2. The number of amides is 2. The molecule has 2 atom stereocenters. The van der Waals surface area contributed by atoms with Gasteiger partial charge in [0.15, 0.2) is 0 Å². The van der Waals surface area contributed by atoms with E-state index in [4.69, 9.17) is 4.74 Å². The first kappa shape index (κ1) is 32.5. The van der Waals surface area contributed by atoms with Crippen LogP contribution in [-0.2, 0) is 34.6 Å². The van der Waals surface area contributed by atoms with Gasteiger partial charge < -0.3 is 9.64 Å². The van der Waals surface area contributed by atoms with Crippen LogP contribution >= 0.6 is 0 Å². The van der Waals surface area contributed by atoms with E-state index in [1.54, 1.807) is 0 Å². The van der Waals surface area contributed by atoms with Gasteiger partial charge in [-0.05, 0) is 79.1 Å². The minimum Gasteiger partial charge on any atom is -0.449 e. The Kier molecular flexibility index (Phi) is 8.99. The number of carbonyl (C=O) groups is 2. The van der Waals surface area contributed by atoms with Crippen LogP contribution in [0.3, 0.4) is 0 Å². The highest BCUT2D eigenvalue weighted by atomic mass is 19.4. The van der Waals surface area contributed by atoms with Crippen molar-refractivity contribution >= 4 is 17.7 Å². The summed E-state index contributed by atoms with van der Waals surface area (Å²) >= 11 is 0. The maximum atomic E-state index is 13.8. The molecule has 0 saturated heterocycles. The predicted molar refractivity (Wildman–Crippen MR) is 137 cm³/mol. The molecule has 1 saturated carbocycles. The molecule has 1 fully saturated rings. The Morgan fingerprint density at radius 3 is 1.95 bits per heavy atom. The summed E-state index contributed by atoms with van der Waals surface area (Å²) in [6.45, 7) is 2.22. The topological polar surface area (TPSA) is 49.9 Å². The summed E-state index contributed by atoms with van der Waals surface area (Å²) in [4.78, 5) is 28.4. The Balaban J connectivity index is 1.83. The second-order valence-electron chi connectivity index (χ2n) is 10.8. The van der Waals surface area contributed by atoms with Crippen LogP contribution in [0.5, 0.6) is 0 Å². The number of unbranched alkanes of at least 4 members (excludes halogenated alkanes) is 1. The molecule has 2 aliphatic rings. The molecule has 1 aliphatic heterocycles. The number of hydrogen-bond acceptors (Lipinski definition) is 3. The third kappa shape index (κ3) is 7.38. The van der Waals surface area contributed by atoms with Gasteiger partial charge in [-0.3, -0.25) is 9.69 Å². The van der Waals surface area contributed by atoms with Gasteiger partial charge >= 0.3 is 24.6 Å². The number of carbonyl (C=O) groups excluding carboxylic acids is 2. The zero-order valence-electron chi connectivity index (χ0n) is 23.2. The van der Waals surface area contributed by atoms with Gasteiger partial charge in [0.25, 0.3) is 0 Å². The van der Waals surface area contributed by atoms with E-state index in [-0.39, 0.29) is 36.3 Å². The highest BCUT2D eigenvalue weighted by molar-refractivity contribution is 5.91. The Bertz CT molecular complexity index is 1320. The van der Waals surface area contributed by atoms with E-state index in [1.165, 1.54) is 4.90 Å². The molecule has 2 aromatic rings. The first-order valence-electron chi connectivity index (χ1n) is 13.6. The second-order valence-corrected chi connectivity index (χ2v) is 10.8. The normalized spacial score (nSPS) is 19.2. The van der Waals surface area contributed by atoms with Gasteiger partial charge in [-0.25, -0.2) is 4.79 Å². The molecular weight excluding hydrogens is 595 g/mol. The van der Waals surface area contributed by atoms with Crippen LogP contribution in [0.1, 0.15) is 79.8 Å². The average Bonchev–Trinajstić information content (AvgIpc) is 3.74. The third-order valence-electron chi connectivity index (χ3n) is 7.64. The standard InChI is InChI=1S/C29H29F9N2O3/c1-3-4-9-43-26(42)40-23-8-7-19(27(30,31)32)13-22(23)25(14-24(40)18-5-6-18)39(16(2)41)15-17-10-20(28(33,34)35)12-21(11-17)29(36,37)38/h7-8,10-13,18,24-25H,3-6,9,14-15H2,1-2H3/t24-,25-/m0/s1. The predicted octanol–water partition coefficient (Wildman–Crippen LogP) is 8.76. The van der Waals surface area contributed by atoms with Crippen molar-refractivity contribution in [1.82, 2.24) is 4.90 Å². The summed E-state index contributed by atoms with van der Waals surface area (Å²) in [5.41, 5.74) is -4.84. The van der Waals surface area contributed by atoms with Crippen molar-refractivity contribution in [2.75, 3.05) is 11.5 Å². The lowest BCUT2D eigenvalue weighted by Crippen LogP contribution is -2.49. The van der Waals surface area contributed by atoms with E-state index < -0.39 is 71.4 Å². The smallest absolute Gasteiger partial charge is 0.416 e. The first-order valence-corrected chi connectivity index (χ1v) is 13.6. The minimum absolute atomic E-state index is 0.0360. The number of halogens is 9. The molecular formula is C29H29F9N2O3. The summed E-state index contributed by atoms with van der Waals surface area (Å²) < 4.78 is 128. The number of anilines is 1. The van der Waals surface area contributed by atoms with Gasteiger partial charge in [0.2, 0.25) is 5.91 Å². The highest BCUT2D eigenvalue weighted by Crippen LogP contribution is 2.50. The van der Waals surface area contributed by atoms with Crippen molar-refractivity contribution in [3.63, 3.8) is 0 Å². The molecule has 1 heterocycles. The summed E-state index contributed by atoms with van der Waals surface area (Å²) in [5.74, 6) is -0.872. The number of hydrogen-bond donors (Lipinski definition) is 0. The number of ether oxygens (including phenoxy) is 1. The van der Waals surface area contributed by atoms with Crippen LogP contribution in [-0.4, -0.2) is 29.5 Å². The maximum Gasteiger partial charge on any atom is 0.416 e. The molecule has 43 heavy (non-hydrogen) atoms. The number of benzene rings is 2. The number of alkyl halides is 9. The summed E-state index contributed by atoms with van der Waals surface area (Å²) in [6.07, 6.45) is -13.3. The van der Waals surface area contributed by atoms with Crippen LogP contribution in [0.4, 0.5) is 50.0 Å². The van der Waals surface area contributed by atoms with E-state index in [1.807, 2.05) is 6.92 Å².